The molecule has 4 rings (SSSR count). The van der Waals surface area contributed by atoms with Crippen LogP contribution in [0.3, 0.4) is 0 Å². The molecule has 0 radical (unpaired) electrons. The van der Waals surface area contributed by atoms with Gasteiger partial charge in [0.15, 0.2) is 4.96 Å². The number of rotatable bonds is 5. The van der Waals surface area contributed by atoms with E-state index in [9.17, 15) is 4.79 Å². The Morgan fingerprint density at radius 1 is 1.27 bits per heavy atom. The smallest absolute Gasteiger partial charge is 0.269 e. The van der Waals surface area contributed by atoms with Gasteiger partial charge < -0.3 is 10.1 Å². The van der Waals surface area contributed by atoms with Crippen LogP contribution in [0.5, 0.6) is 0 Å². The van der Waals surface area contributed by atoms with E-state index in [-0.39, 0.29) is 5.91 Å². The Labute approximate surface area is 156 Å². The molecule has 26 heavy (non-hydrogen) atoms. The summed E-state index contributed by atoms with van der Waals surface area (Å²) in [7, 11) is 0. The minimum absolute atomic E-state index is 0.0580. The molecule has 0 atom stereocenters. The summed E-state index contributed by atoms with van der Waals surface area (Å²) in [6.45, 7) is 6.96. The van der Waals surface area contributed by atoms with E-state index in [1.165, 1.54) is 16.9 Å². The number of nitrogens with one attached hydrogen (secondary N) is 1. The normalized spacial score (nSPS) is 15.4. The second kappa shape index (κ2) is 7.57. The van der Waals surface area contributed by atoms with Crippen LogP contribution >= 0.6 is 11.3 Å². The van der Waals surface area contributed by atoms with Crippen LogP contribution in [0.15, 0.2) is 35.8 Å². The number of benzene rings is 1. The molecule has 1 aliphatic heterocycles. The summed E-state index contributed by atoms with van der Waals surface area (Å²) in [5.41, 5.74) is 3.80. The summed E-state index contributed by atoms with van der Waals surface area (Å²) in [5, 5.41) is 4.88. The van der Waals surface area contributed by atoms with Gasteiger partial charge in [-0.2, -0.15) is 0 Å². The molecule has 1 fully saturated rings. The number of thiazole rings is 1. The summed E-state index contributed by atoms with van der Waals surface area (Å²) in [6.07, 6.45) is 1.94. The molecule has 1 N–H and O–H groups in total. The number of fused-ring (bicyclic) bond motifs is 1. The number of imidazole rings is 1. The van der Waals surface area contributed by atoms with Crippen molar-refractivity contribution in [3.63, 3.8) is 0 Å². The second-order valence-corrected chi connectivity index (χ2v) is 7.31. The monoisotopic (exact) mass is 370 g/mol. The van der Waals surface area contributed by atoms with Crippen molar-refractivity contribution in [2.24, 2.45) is 0 Å². The van der Waals surface area contributed by atoms with Gasteiger partial charge >= 0.3 is 0 Å². The van der Waals surface area contributed by atoms with Gasteiger partial charge in [0.2, 0.25) is 0 Å². The number of aryl methyl sites for hydroxylation is 1. The van der Waals surface area contributed by atoms with Gasteiger partial charge in [0.1, 0.15) is 5.69 Å². The predicted molar refractivity (Wildman–Crippen MR) is 103 cm³/mol. The van der Waals surface area contributed by atoms with E-state index in [2.05, 4.69) is 46.4 Å². The van der Waals surface area contributed by atoms with Crippen molar-refractivity contribution in [2.75, 3.05) is 39.4 Å². The van der Waals surface area contributed by atoms with E-state index in [1.54, 1.807) is 0 Å². The first kappa shape index (κ1) is 17.2. The quantitative estimate of drug-likeness (QED) is 0.749. The van der Waals surface area contributed by atoms with E-state index in [1.807, 2.05) is 16.0 Å². The first-order chi connectivity index (χ1) is 12.7. The van der Waals surface area contributed by atoms with Crippen LogP contribution in [0, 0.1) is 6.92 Å². The Balaban J connectivity index is 1.44. The van der Waals surface area contributed by atoms with Crippen molar-refractivity contribution in [1.82, 2.24) is 19.6 Å². The number of nitrogens with zero attached hydrogens (tertiary/aromatic N) is 3. The largest absolute Gasteiger partial charge is 0.379 e. The van der Waals surface area contributed by atoms with E-state index in [4.69, 9.17) is 4.74 Å². The van der Waals surface area contributed by atoms with Crippen molar-refractivity contribution in [3.05, 3.63) is 47.1 Å². The maximum absolute atomic E-state index is 12.6. The fourth-order valence-electron chi connectivity index (χ4n) is 3.05. The van der Waals surface area contributed by atoms with Crippen molar-refractivity contribution < 1.29 is 9.53 Å². The van der Waals surface area contributed by atoms with Gasteiger partial charge in [-0.15, -0.1) is 11.3 Å². The van der Waals surface area contributed by atoms with E-state index < -0.39 is 0 Å². The maximum atomic E-state index is 12.6. The average molecular weight is 370 g/mol. The highest BCUT2D eigenvalue weighted by Crippen LogP contribution is 2.24. The van der Waals surface area contributed by atoms with Crippen LogP contribution in [0.2, 0.25) is 0 Å². The van der Waals surface area contributed by atoms with Crippen LogP contribution in [-0.4, -0.2) is 59.6 Å². The molecule has 7 heteroatoms. The summed E-state index contributed by atoms with van der Waals surface area (Å²) in [6, 6.07) is 8.26. The minimum atomic E-state index is -0.0580. The molecule has 1 amide bonds. The molecular formula is C19H22N4O2S. The number of hydrogen-bond donors (Lipinski definition) is 1. The molecular weight excluding hydrogens is 348 g/mol. The molecule has 2 aromatic heterocycles. The summed E-state index contributed by atoms with van der Waals surface area (Å²) in [4.78, 5) is 20.3. The third-order valence-electron chi connectivity index (χ3n) is 4.61. The van der Waals surface area contributed by atoms with Gasteiger partial charge in [0.05, 0.1) is 18.9 Å². The topological polar surface area (TPSA) is 58.9 Å². The summed E-state index contributed by atoms with van der Waals surface area (Å²) >= 11 is 1.49. The highest BCUT2D eigenvalue weighted by Gasteiger charge is 2.16. The second-order valence-electron chi connectivity index (χ2n) is 6.48. The average Bonchev–Trinajstić information content (AvgIpc) is 3.24. The molecule has 0 saturated carbocycles. The van der Waals surface area contributed by atoms with E-state index >= 15 is 0 Å². The first-order valence-corrected chi connectivity index (χ1v) is 9.70. The fourth-order valence-corrected chi connectivity index (χ4v) is 3.91. The molecule has 0 bridgehead atoms. The van der Waals surface area contributed by atoms with Gasteiger partial charge in [-0.25, -0.2) is 4.98 Å². The lowest BCUT2D eigenvalue weighted by atomic mass is 10.1. The number of carbonyl (C=O) groups is 1. The Kier molecular flexibility index (Phi) is 5.01. The lowest BCUT2D eigenvalue weighted by Gasteiger charge is -2.26. The number of carbonyl (C=O) groups excluding carboxylic acids is 1. The third-order valence-corrected chi connectivity index (χ3v) is 5.45. The molecule has 1 aliphatic rings. The third kappa shape index (κ3) is 3.65. The Bertz CT molecular complexity index is 894. The van der Waals surface area contributed by atoms with Crippen LogP contribution in [0.1, 0.15) is 16.1 Å². The highest BCUT2D eigenvalue weighted by atomic mass is 32.1. The Hall–Kier alpha value is -2.22. The summed E-state index contributed by atoms with van der Waals surface area (Å²) in [5.74, 6) is -0.0580. The van der Waals surface area contributed by atoms with Gasteiger partial charge in [0.25, 0.3) is 5.91 Å². The maximum Gasteiger partial charge on any atom is 0.269 e. The van der Waals surface area contributed by atoms with Crippen molar-refractivity contribution >= 4 is 22.2 Å². The zero-order valence-electron chi connectivity index (χ0n) is 14.8. The van der Waals surface area contributed by atoms with Gasteiger partial charge in [0, 0.05) is 43.3 Å². The zero-order valence-corrected chi connectivity index (χ0v) is 15.6. The van der Waals surface area contributed by atoms with Crippen molar-refractivity contribution in [3.8, 4) is 11.3 Å². The number of hydrogen-bond acceptors (Lipinski definition) is 5. The van der Waals surface area contributed by atoms with Crippen LogP contribution in [-0.2, 0) is 4.74 Å². The molecule has 1 saturated heterocycles. The molecule has 6 nitrogen and oxygen atoms in total. The molecule has 1 aromatic carbocycles. The Morgan fingerprint density at radius 2 is 2.04 bits per heavy atom. The fraction of sp³-hybridized carbons (Fsp3) is 0.368. The van der Waals surface area contributed by atoms with Gasteiger partial charge in [-0.05, 0) is 6.92 Å². The summed E-state index contributed by atoms with van der Waals surface area (Å²) < 4.78 is 7.22. The Morgan fingerprint density at radius 3 is 2.81 bits per heavy atom. The van der Waals surface area contributed by atoms with Crippen molar-refractivity contribution in [1.29, 1.82) is 0 Å². The number of morpholine rings is 1. The lowest BCUT2D eigenvalue weighted by molar-refractivity contribution is 0.0383. The van der Waals surface area contributed by atoms with Crippen LogP contribution < -0.4 is 5.32 Å². The number of aromatic nitrogens is 2. The lowest BCUT2D eigenvalue weighted by Crippen LogP contribution is -2.41. The number of amides is 1. The first-order valence-electron chi connectivity index (χ1n) is 8.82. The van der Waals surface area contributed by atoms with E-state index in [0.717, 1.165) is 49.1 Å². The van der Waals surface area contributed by atoms with Crippen LogP contribution in [0.4, 0.5) is 0 Å². The zero-order chi connectivity index (χ0) is 17.9. The molecule has 0 aliphatic carbocycles. The van der Waals surface area contributed by atoms with Crippen molar-refractivity contribution in [2.45, 2.75) is 6.92 Å². The standard InChI is InChI=1S/C19H22N4O2S/c1-14-2-4-15(5-3-14)16-12-23-17(13-26-19(23)21-16)18(24)20-6-7-22-8-10-25-11-9-22/h2-5,12-13H,6-11H2,1H3,(H,20,24). The van der Waals surface area contributed by atoms with Crippen LogP contribution in [0.25, 0.3) is 16.2 Å². The van der Waals surface area contributed by atoms with Gasteiger partial charge in [-0.1, -0.05) is 29.8 Å². The SMILES string of the molecule is Cc1ccc(-c2cn3c(C(=O)NCCN4CCOCC4)csc3n2)cc1. The van der Waals surface area contributed by atoms with E-state index in [0.29, 0.717) is 12.2 Å². The molecule has 3 aromatic rings. The molecule has 0 unspecified atom stereocenters. The van der Waals surface area contributed by atoms with Gasteiger partial charge in [-0.3, -0.25) is 14.1 Å². The molecule has 136 valence electrons. The molecule has 3 heterocycles. The predicted octanol–water partition coefficient (Wildman–Crippen LogP) is 2.43. The minimum Gasteiger partial charge on any atom is -0.379 e. The highest BCUT2D eigenvalue weighted by molar-refractivity contribution is 7.15. The molecule has 0 spiro atoms. The number of ether oxygens (including phenoxy) is 1.